The Bertz CT molecular complexity index is 1300. The number of amides is 1. The van der Waals surface area contributed by atoms with E-state index < -0.39 is 17.7 Å². The first-order valence-electron chi connectivity index (χ1n) is 10.8. The van der Waals surface area contributed by atoms with Crippen molar-refractivity contribution >= 4 is 33.9 Å². The van der Waals surface area contributed by atoms with E-state index >= 15 is 0 Å². The van der Waals surface area contributed by atoms with Crippen LogP contribution in [0.4, 0.5) is 5.13 Å². The standard InChI is InChI=1S/C26H26N2O6S/c1-13-7-9-16(10-8-13)22(29)20-21(17-11-18(32-4)24(34-6)19(12-17)33-5)28(25(31)23(20)30)26-27-14(2)15(3)35-26/h7-12,21,29H,1-6H3/b22-20+/t21-/m1/s1. The fourth-order valence-corrected chi connectivity index (χ4v) is 4.97. The Kier molecular flexibility index (Phi) is 6.53. The van der Waals surface area contributed by atoms with Gasteiger partial charge in [0.05, 0.1) is 38.6 Å². The highest BCUT2D eigenvalue weighted by atomic mass is 32.1. The fourth-order valence-electron chi connectivity index (χ4n) is 4.03. The molecule has 1 aliphatic rings. The number of aryl methyl sites for hydroxylation is 3. The Labute approximate surface area is 207 Å². The smallest absolute Gasteiger partial charge is 0.301 e. The molecule has 1 saturated heterocycles. The molecule has 2 aromatic carbocycles. The summed E-state index contributed by atoms with van der Waals surface area (Å²) in [6, 6.07) is 9.45. The highest BCUT2D eigenvalue weighted by Gasteiger charge is 2.48. The number of aliphatic hydroxyl groups is 1. The van der Waals surface area contributed by atoms with Gasteiger partial charge in [-0.15, -0.1) is 11.3 Å². The number of Topliss-reactive ketones (excluding diaryl/α,β-unsaturated/α-hetero) is 1. The molecule has 35 heavy (non-hydrogen) atoms. The van der Waals surface area contributed by atoms with Crippen LogP contribution < -0.4 is 19.1 Å². The third kappa shape index (κ3) is 4.12. The second kappa shape index (κ2) is 9.42. The number of nitrogens with zero attached hydrogens (tertiary/aromatic N) is 2. The number of anilines is 1. The summed E-state index contributed by atoms with van der Waals surface area (Å²) in [5.41, 5.74) is 2.64. The van der Waals surface area contributed by atoms with Crippen LogP contribution in [0.15, 0.2) is 42.0 Å². The molecule has 2 heterocycles. The van der Waals surface area contributed by atoms with Crippen molar-refractivity contribution in [3.63, 3.8) is 0 Å². The number of rotatable bonds is 6. The average Bonchev–Trinajstić information content (AvgIpc) is 3.32. The maximum absolute atomic E-state index is 13.4. The van der Waals surface area contributed by atoms with E-state index in [2.05, 4.69) is 4.98 Å². The summed E-state index contributed by atoms with van der Waals surface area (Å²) in [5, 5.41) is 11.6. The van der Waals surface area contributed by atoms with E-state index in [0.717, 1.165) is 16.1 Å². The van der Waals surface area contributed by atoms with Gasteiger partial charge in [-0.1, -0.05) is 29.8 Å². The zero-order valence-corrected chi connectivity index (χ0v) is 21.1. The van der Waals surface area contributed by atoms with Gasteiger partial charge in [-0.3, -0.25) is 14.5 Å². The quantitative estimate of drug-likeness (QED) is 0.301. The lowest BCUT2D eigenvalue weighted by Crippen LogP contribution is -2.29. The number of aromatic nitrogens is 1. The van der Waals surface area contributed by atoms with E-state index in [9.17, 15) is 14.7 Å². The molecular formula is C26H26N2O6S. The number of hydrogen-bond donors (Lipinski definition) is 1. The van der Waals surface area contributed by atoms with Crippen LogP contribution in [0.3, 0.4) is 0 Å². The molecule has 3 aromatic rings. The van der Waals surface area contributed by atoms with E-state index in [1.807, 2.05) is 32.9 Å². The molecule has 4 rings (SSSR count). The Morgan fingerprint density at radius 1 is 0.971 bits per heavy atom. The molecule has 1 fully saturated rings. The van der Waals surface area contributed by atoms with Gasteiger partial charge in [0.25, 0.3) is 5.78 Å². The summed E-state index contributed by atoms with van der Waals surface area (Å²) in [6.07, 6.45) is 0. The minimum absolute atomic E-state index is 0.0429. The summed E-state index contributed by atoms with van der Waals surface area (Å²) < 4.78 is 16.4. The van der Waals surface area contributed by atoms with Gasteiger partial charge in [-0.05, 0) is 38.5 Å². The van der Waals surface area contributed by atoms with Gasteiger partial charge >= 0.3 is 5.91 Å². The van der Waals surface area contributed by atoms with Gasteiger partial charge in [0, 0.05) is 10.4 Å². The predicted molar refractivity (Wildman–Crippen MR) is 134 cm³/mol. The maximum Gasteiger partial charge on any atom is 0.301 e. The lowest BCUT2D eigenvalue weighted by molar-refractivity contribution is -0.132. The zero-order chi connectivity index (χ0) is 25.4. The Hall–Kier alpha value is -3.85. The van der Waals surface area contributed by atoms with E-state index in [-0.39, 0.29) is 11.3 Å². The van der Waals surface area contributed by atoms with Gasteiger partial charge in [0.2, 0.25) is 5.75 Å². The fraction of sp³-hybridized carbons (Fsp3) is 0.269. The number of thiazole rings is 1. The number of ketones is 1. The van der Waals surface area contributed by atoms with Crippen molar-refractivity contribution in [2.45, 2.75) is 26.8 Å². The second-order valence-corrected chi connectivity index (χ2v) is 9.31. The first kappa shape index (κ1) is 24.3. The molecule has 0 saturated carbocycles. The van der Waals surface area contributed by atoms with Crippen molar-refractivity contribution in [3.05, 3.63) is 69.2 Å². The molecule has 1 aliphatic heterocycles. The summed E-state index contributed by atoms with van der Waals surface area (Å²) >= 11 is 1.31. The molecule has 1 aromatic heterocycles. The number of benzene rings is 2. The Balaban J connectivity index is 2.01. The van der Waals surface area contributed by atoms with Crippen molar-refractivity contribution in [2.24, 2.45) is 0 Å². The second-order valence-electron chi connectivity index (χ2n) is 8.13. The maximum atomic E-state index is 13.4. The van der Waals surface area contributed by atoms with Crippen LogP contribution in [0, 0.1) is 20.8 Å². The number of methoxy groups -OCH3 is 3. The number of carbonyl (C=O) groups is 2. The van der Waals surface area contributed by atoms with Crippen LogP contribution in [0.25, 0.3) is 5.76 Å². The van der Waals surface area contributed by atoms with Gasteiger partial charge in [0.15, 0.2) is 16.6 Å². The monoisotopic (exact) mass is 494 g/mol. The SMILES string of the molecule is COc1cc([C@@H]2/C(=C(\O)c3ccc(C)cc3)C(=O)C(=O)N2c2nc(C)c(C)s2)cc(OC)c1OC. The summed E-state index contributed by atoms with van der Waals surface area (Å²) in [6.45, 7) is 5.66. The Morgan fingerprint density at radius 2 is 1.57 bits per heavy atom. The van der Waals surface area contributed by atoms with Crippen LogP contribution in [-0.2, 0) is 9.59 Å². The molecule has 182 valence electrons. The lowest BCUT2D eigenvalue weighted by atomic mass is 9.94. The summed E-state index contributed by atoms with van der Waals surface area (Å²) in [5.74, 6) is -0.758. The van der Waals surface area contributed by atoms with Crippen molar-refractivity contribution in [2.75, 3.05) is 26.2 Å². The molecule has 0 bridgehead atoms. The van der Waals surface area contributed by atoms with Gasteiger partial charge in [-0.2, -0.15) is 0 Å². The Morgan fingerprint density at radius 3 is 2.06 bits per heavy atom. The first-order valence-corrected chi connectivity index (χ1v) is 11.6. The molecular weight excluding hydrogens is 468 g/mol. The first-order chi connectivity index (χ1) is 16.7. The van der Waals surface area contributed by atoms with Crippen LogP contribution in [-0.4, -0.2) is 43.1 Å². The molecule has 0 aliphatic carbocycles. The third-order valence-corrected chi connectivity index (χ3v) is 7.07. The van der Waals surface area contributed by atoms with Gasteiger partial charge < -0.3 is 19.3 Å². The van der Waals surface area contributed by atoms with Gasteiger partial charge in [-0.25, -0.2) is 4.98 Å². The molecule has 0 radical (unpaired) electrons. The molecule has 1 amide bonds. The minimum Gasteiger partial charge on any atom is -0.507 e. The highest BCUT2D eigenvalue weighted by Crippen LogP contribution is 2.47. The summed E-state index contributed by atoms with van der Waals surface area (Å²) in [7, 11) is 4.46. The zero-order valence-electron chi connectivity index (χ0n) is 20.3. The van der Waals surface area contributed by atoms with Crippen molar-refractivity contribution in [3.8, 4) is 17.2 Å². The average molecular weight is 495 g/mol. The number of carbonyl (C=O) groups excluding carboxylic acids is 2. The van der Waals surface area contributed by atoms with Crippen LogP contribution in [0.2, 0.25) is 0 Å². The largest absolute Gasteiger partial charge is 0.507 e. The highest BCUT2D eigenvalue weighted by molar-refractivity contribution is 7.16. The van der Waals surface area contributed by atoms with Crippen molar-refractivity contribution < 1.29 is 28.9 Å². The number of hydrogen-bond acceptors (Lipinski definition) is 8. The number of ether oxygens (including phenoxy) is 3. The van der Waals surface area contributed by atoms with E-state index in [4.69, 9.17) is 14.2 Å². The molecule has 0 spiro atoms. The predicted octanol–water partition coefficient (Wildman–Crippen LogP) is 4.72. The van der Waals surface area contributed by atoms with E-state index in [1.165, 1.54) is 37.6 Å². The molecule has 1 N–H and O–H groups in total. The minimum atomic E-state index is -0.963. The molecule has 9 heteroatoms. The van der Waals surface area contributed by atoms with Crippen molar-refractivity contribution in [1.82, 2.24) is 4.98 Å². The summed E-state index contributed by atoms with van der Waals surface area (Å²) in [4.78, 5) is 33.5. The van der Waals surface area contributed by atoms with E-state index in [0.29, 0.717) is 33.5 Å². The molecule has 1 atom stereocenters. The normalized spacial score (nSPS) is 17.1. The molecule has 8 nitrogen and oxygen atoms in total. The van der Waals surface area contributed by atoms with Crippen LogP contribution in [0.5, 0.6) is 17.2 Å². The van der Waals surface area contributed by atoms with Crippen LogP contribution >= 0.6 is 11.3 Å². The van der Waals surface area contributed by atoms with Gasteiger partial charge in [0.1, 0.15) is 5.76 Å². The topological polar surface area (TPSA) is 98.2 Å². The lowest BCUT2D eigenvalue weighted by Gasteiger charge is -2.24. The van der Waals surface area contributed by atoms with E-state index in [1.54, 1.807) is 24.3 Å². The number of aliphatic hydroxyl groups excluding tert-OH is 1. The van der Waals surface area contributed by atoms with Crippen molar-refractivity contribution in [1.29, 1.82) is 0 Å². The van der Waals surface area contributed by atoms with Crippen LogP contribution in [0.1, 0.15) is 33.3 Å². The molecule has 0 unspecified atom stereocenters. The third-order valence-electron chi connectivity index (χ3n) is 6.00.